The second-order valence-electron chi connectivity index (χ2n) is 5.07. The van der Waals surface area contributed by atoms with Gasteiger partial charge in [-0.15, -0.1) is 11.3 Å². The van der Waals surface area contributed by atoms with Gasteiger partial charge in [0.2, 0.25) is 11.8 Å². The zero-order valence-electron chi connectivity index (χ0n) is 11.5. The third-order valence-electron chi connectivity index (χ3n) is 3.48. The molecule has 2 N–H and O–H groups in total. The van der Waals surface area contributed by atoms with Crippen molar-refractivity contribution in [3.63, 3.8) is 0 Å². The minimum atomic E-state index is -2.61. The largest absolute Gasteiger partial charge is 0.384 e. The molecule has 1 aliphatic rings. The van der Waals surface area contributed by atoms with Crippen LogP contribution in [0.15, 0.2) is 12.1 Å². The van der Waals surface area contributed by atoms with Crippen molar-refractivity contribution in [3.8, 4) is 11.8 Å². The minimum absolute atomic E-state index is 0.151. The van der Waals surface area contributed by atoms with Gasteiger partial charge in [-0.25, -0.2) is 8.78 Å². The minimum Gasteiger partial charge on any atom is -0.384 e. The molecular formula is C15H17F2NO2S. The lowest BCUT2D eigenvalue weighted by Crippen LogP contribution is -2.35. The molecule has 0 bridgehead atoms. The Kier molecular flexibility index (Phi) is 5.32. The van der Waals surface area contributed by atoms with Crippen LogP contribution in [-0.2, 0) is 11.3 Å². The van der Waals surface area contributed by atoms with Crippen molar-refractivity contribution in [2.45, 2.75) is 38.2 Å². The van der Waals surface area contributed by atoms with E-state index in [1.54, 1.807) is 0 Å². The van der Waals surface area contributed by atoms with Crippen LogP contribution in [0.5, 0.6) is 0 Å². The molecule has 0 aliphatic heterocycles. The topological polar surface area (TPSA) is 49.3 Å². The molecule has 0 aromatic carbocycles. The number of carbonyl (C=O) groups excluding carboxylic acids is 1. The number of alkyl halides is 2. The average Bonchev–Trinajstić information content (AvgIpc) is 2.90. The van der Waals surface area contributed by atoms with E-state index < -0.39 is 5.92 Å². The highest BCUT2D eigenvalue weighted by molar-refractivity contribution is 7.12. The molecule has 1 aromatic heterocycles. The van der Waals surface area contributed by atoms with E-state index in [1.807, 2.05) is 12.1 Å². The molecule has 0 spiro atoms. The molecule has 1 amide bonds. The number of amides is 1. The molecule has 1 heterocycles. The molecule has 1 aliphatic carbocycles. The molecule has 2 rings (SSSR count). The summed E-state index contributed by atoms with van der Waals surface area (Å²) in [5.41, 5.74) is 0. The Morgan fingerprint density at radius 2 is 2.14 bits per heavy atom. The summed E-state index contributed by atoms with van der Waals surface area (Å²) in [7, 11) is 0. The number of nitrogens with one attached hydrogen (secondary N) is 1. The Bertz CT molecular complexity index is 550. The Hall–Kier alpha value is -1.45. The predicted octanol–water partition coefficient (Wildman–Crippen LogP) is 2.53. The van der Waals surface area contributed by atoms with Crippen LogP contribution < -0.4 is 5.32 Å². The molecule has 3 nitrogen and oxygen atoms in total. The number of carbonyl (C=O) groups is 1. The van der Waals surface area contributed by atoms with E-state index in [-0.39, 0.29) is 44.1 Å². The fourth-order valence-corrected chi connectivity index (χ4v) is 3.11. The van der Waals surface area contributed by atoms with Crippen LogP contribution in [0.1, 0.15) is 35.4 Å². The van der Waals surface area contributed by atoms with Crippen molar-refractivity contribution in [2.75, 3.05) is 6.61 Å². The Morgan fingerprint density at radius 1 is 1.43 bits per heavy atom. The number of rotatable bonds is 3. The lowest BCUT2D eigenvalue weighted by Gasteiger charge is -2.27. The second kappa shape index (κ2) is 7.01. The van der Waals surface area contributed by atoms with Crippen molar-refractivity contribution >= 4 is 17.2 Å². The highest BCUT2D eigenvalue weighted by Gasteiger charge is 2.37. The smallest absolute Gasteiger partial charge is 0.248 e. The van der Waals surface area contributed by atoms with Gasteiger partial charge in [-0.1, -0.05) is 11.8 Å². The number of halogens is 2. The molecule has 6 heteroatoms. The van der Waals surface area contributed by atoms with Crippen molar-refractivity contribution in [1.82, 2.24) is 5.32 Å². The van der Waals surface area contributed by atoms with Crippen molar-refractivity contribution in [1.29, 1.82) is 0 Å². The molecule has 21 heavy (non-hydrogen) atoms. The van der Waals surface area contributed by atoms with Crippen LogP contribution in [0.3, 0.4) is 0 Å². The molecular weight excluding hydrogens is 296 g/mol. The summed E-state index contributed by atoms with van der Waals surface area (Å²) in [6.45, 7) is 0.202. The molecule has 1 saturated carbocycles. The van der Waals surface area contributed by atoms with Gasteiger partial charge in [-0.3, -0.25) is 4.79 Å². The lowest BCUT2D eigenvalue weighted by atomic mass is 9.86. The maximum Gasteiger partial charge on any atom is 0.248 e. The first-order valence-corrected chi connectivity index (χ1v) is 7.66. The summed E-state index contributed by atoms with van der Waals surface area (Å²) >= 11 is 1.44. The standard InChI is InChI=1S/C15H17F2NO2S/c16-15(17)7-5-11(6-8-15)14(20)18-10-13-4-3-12(21-13)2-1-9-19/h3-4,11,19H,5-10H2,(H,18,20). The zero-order chi connectivity index (χ0) is 15.3. The predicted molar refractivity (Wildman–Crippen MR) is 77.0 cm³/mol. The highest BCUT2D eigenvalue weighted by Crippen LogP contribution is 2.36. The van der Waals surface area contributed by atoms with Crippen LogP contribution in [0, 0.1) is 17.8 Å². The Morgan fingerprint density at radius 3 is 2.81 bits per heavy atom. The van der Waals surface area contributed by atoms with E-state index in [0.29, 0.717) is 6.54 Å². The normalized spacial score (nSPS) is 17.9. The SMILES string of the molecule is O=C(NCc1ccc(C#CCO)s1)C1CCC(F)(F)CC1. The summed E-state index contributed by atoms with van der Waals surface area (Å²) < 4.78 is 26.1. The first kappa shape index (κ1) is 15.9. The van der Waals surface area contributed by atoms with Crippen LogP contribution in [0.4, 0.5) is 8.78 Å². The van der Waals surface area contributed by atoms with Crippen molar-refractivity contribution in [2.24, 2.45) is 5.92 Å². The van der Waals surface area contributed by atoms with E-state index in [2.05, 4.69) is 17.2 Å². The molecule has 0 unspecified atom stereocenters. The van der Waals surface area contributed by atoms with Gasteiger partial charge >= 0.3 is 0 Å². The van der Waals surface area contributed by atoms with Gasteiger partial charge in [0.05, 0.1) is 11.4 Å². The lowest BCUT2D eigenvalue weighted by molar-refractivity contribution is -0.129. The highest BCUT2D eigenvalue weighted by atomic mass is 32.1. The fraction of sp³-hybridized carbons (Fsp3) is 0.533. The van der Waals surface area contributed by atoms with E-state index in [0.717, 1.165) is 9.75 Å². The van der Waals surface area contributed by atoms with Crippen molar-refractivity contribution in [3.05, 3.63) is 21.9 Å². The van der Waals surface area contributed by atoms with Gasteiger partial charge < -0.3 is 10.4 Å². The number of aliphatic hydroxyl groups excluding tert-OH is 1. The van der Waals surface area contributed by atoms with E-state index in [4.69, 9.17) is 5.11 Å². The third kappa shape index (κ3) is 4.80. The maximum atomic E-state index is 13.0. The molecule has 0 saturated heterocycles. The van der Waals surface area contributed by atoms with Crippen LogP contribution in [0.25, 0.3) is 0 Å². The second-order valence-corrected chi connectivity index (χ2v) is 6.24. The van der Waals surface area contributed by atoms with Crippen LogP contribution in [-0.4, -0.2) is 23.5 Å². The Labute approximate surface area is 126 Å². The van der Waals surface area contributed by atoms with E-state index >= 15 is 0 Å². The average molecular weight is 313 g/mol. The first-order chi connectivity index (χ1) is 10.00. The van der Waals surface area contributed by atoms with Gasteiger partial charge in [0, 0.05) is 23.6 Å². The summed E-state index contributed by atoms with van der Waals surface area (Å²) in [6, 6.07) is 3.69. The summed E-state index contributed by atoms with van der Waals surface area (Å²) in [5, 5.41) is 11.4. The number of thiophene rings is 1. The number of aliphatic hydroxyl groups is 1. The zero-order valence-corrected chi connectivity index (χ0v) is 12.3. The van der Waals surface area contributed by atoms with Crippen molar-refractivity contribution < 1.29 is 18.7 Å². The molecule has 0 atom stereocenters. The van der Waals surface area contributed by atoms with Crippen LogP contribution in [0.2, 0.25) is 0 Å². The first-order valence-electron chi connectivity index (χ1n) is 6.84. The quantitative estimate of drug-likeness (QED) is 0.843. The monoisotopic (exact) mass is 313 g/mol. The molecule has 114 valence electrons. The van der Waals surface area contributed by atoms with E-state index in [9.17, 15) is 13.6 Å². The number of hydrogen-bond acceptors (Lipinski definition) is 3. The van der Waals surface area contributed by atoms with Gasteiger partial charge in [-0.2, -0.15) is 0 Å². The van der Waals surface area contributed by atoms with Gasteiger partial charge in [0.1, 0.15) is 6.61 Å². The van der Waals surface area contributed by atoms with Gasteiger partial charge in [-0.05, 0) is 25.0 Å². The fourth-order valence-electron chi connectivity index (χ4n) is 2.29. The van der Waals surface area contributed by atoms with Gasteiger partial charge in [0.15, 0.2) is 0 Å². The molecule has 1 fully saturated rings. The molecule has 1 aromatic rings. The van der Waals surface area contributed by atoms with E-state index in [1.165, 1.54) is 11.3 Å². The Balaban J connectivity index is 1.80. The number of hydrogen-bond donors (Lipinski definition) is 2. The summed E-state index contributed by atoms with van der Waals surface area (Å²) in [5.74, 6) is 2.29. The van der Waals surface area contributed by atoms with Crippen LogP contribution >= 0.6 is 11.3 Å². The third-order valence-corrected chi connectivity index (χ3v) is 4.48. The summed E-state index contributed by atoms with van der Waals surface area (Å²) in [4.78, 5) is 13.7. The maximum absolute atomic E-state index is 13.0. The summed E-state index contributed by atoms with van der Waals surface area (Å²) in [6.07, 6.45) is 0.0863. The molecule has 0 radical (unpaired) electrons. The van der Waals surface area contributed by atoms with Gasteiger partial charge in [0.25, 0.3) is 0 Å².